The summed E-state index contributed by atoms with van der Waals surface area (Å²) in [5.41, 5.74) is 7.34. The highest BCUT2D eigenvalue weighted by molar-refractivity contribution is 9.10. The third-order valence-electron chi connectivity index (χ3n) is 2.31. The van der Waals surface area contributed by atoms with Crippen molar-refractivity contribution in [2.75, 3.05) is 0 Å². The van der Waals surface area contributed by atoms with Gasteiger partial charge in [-0.25, -0.2) is 0 Å². The monoisotopic (exact) mass is 281 g/mol. The van der Waals surface area contributed by atoms with Gasteiger partial charge in [-0.15, -0.1) is 11.3 Å². The Morgan fingerprint density at radius 1 is 1.20 bits per heavy atom. The molecule has 1 aromatic carbocycles. The van der Waals surface area contributed by atoms with Crippen LogP contribution >= 0.6 is 27.3 Å². The van der Waals surface area contributed by atoms with E-state index in [1.54, 1.807) is 11.3 Å². The lowest BCUT2D eigenvalue weighted by molar-refractivity contribution is 0.726. The predicted octanol–water partition coefficient (Wildman–Crippen LogP) is 3.75. The van der Waals surface area contributed by atoms with Gasteiger partial charge in [-0.05, 0) is 23.1 Å². The van der Waals surface area contributed by atoms with Crippen molar-refractivity contribution < 1.29 is 0 Å². The van der Waals surface area contributed by atoms with Gasteiger partial charge in [0, 0.05) is 21.8 Å². The van der Waals surface area contributed by atoms with Crippen molar-refractivity contribution in [2.45, 2.75) is 12.5 Å². The smallest absolute Gasteiger partial charge is 0.0354 e. The fraction of sp³-hybridized carbons (Fsp3) is 0.167. The Hall–Kier alpha value is -0.640. The van der Waals surface area contributed by atoms with Gasteiger partial charge in [0.1, 0.15) is 0 Å². The number of hydrogen-bond donors (Lipinski definition) is 1. The van der Waals surface area contributed by atoms with E-state index in [1.165, 1.54) is 10.4 Å². The summed E-state index contributed by atoms with van der Waals surface area (Å²) in [5, 5.41) is 2.09. The van der Waals surface area contributed by atoms with E-state index < -0.39 is 0 Å². The predicted molar refractivity (Wildman–Crippen MR) is 69.1 cm³/mol. The van der Waals surface area contributed by atoms with Crippen LogP contribution in [0.2, 0.25) is 0 Å². The number of rotatable bonds is 3. The molecule has 15 heavy (non-hydrogen) atoms. The normalized spacial score (nSPS) is 12.7. The van der Waals surface area contributed by atoms with Crippen molar-refractivity contribution in [3.8, 4) is 0 Å². The van der Waals surface area contributed by atoms with Crippen molar-refractivity contribution in [1.29, 1.82) is 0 Å². The minimum Gasteiger partial charge on any atom is -0.324 e. The third-order valence-corrected chi connectivity index (χ3v) is 3.93. The molecule has 0 radical (unpaired) electrons. The first-order valence-corrected chi connectivity index (χ1v) is 6.47. The highest BCUT2D eigenvalue weighted by Gasteiger charge is 2.10. The Morgan fingerprint density at radius 2 is 2.00 bits per heavy atom. The molecule has 1 atom stereocenters. The lowest BCUT2D eigenvalue weighted by atomic mass is 10.0. The molecule has 1 heterocycles. The molecule has 1 aromatic heterocycles. The second-order valence-corrected chi connectivity index (χ2v) is 5.30. The van der Waals surface area contributed by atoms with Crippen LogP contribution in [0.25, 0.3) is 0 Å². The topological polar surface area (TPSA) is 26.0 Å². The summed E-state index contributed by atoms with van der Waals surface area (Å²) in [6, 6.07) is 12.4. The molecule has 78 valence electrons. The lowest BCUT2D eigenvalue weighted by Crippen LogP contribution is -2.13. The molecule has 2 rings (SSSR count). The molecule has 2 aromatic rings. The average Bonchev–Trinajstić information content (AvgIpc) is 2.71. The standard InChI is InChI=1S/C12H12BrNS/c13-11-6-2-1-5-10(11)12(14)8-9-4-3-7-15-9/h1-7,12H,8,14H2. The largest absolute Gasteiger partial charge is 0.324 e. The molecule has 1 unspecified atom stereocenters. The van der Waals surface area contributed by atoms with Crippen molar-refractivity contribution in [2.24, 2.45) is 5.73 Å². The maximum absolute atomic E-state index is 6.16. The lowest BCUT2D eigenvalue weighted by Gasteiger charge is -2.12. The van der Waals surface area contributed by atoms with E-state index in [4.69, 9.17) is 5.73 Å². The molecule has 0 amide bonds. The van der Waals surface area contributed by atoms with E-state index in [1.807, 2.05) is 18.2 Å². The Kier molecular flexibility index (Phi) is 3.57. The summed E-state index contributed by atoms with van der Waals surface area (Å²) < 4.78 is 1.09. The number of nitrogens with two attached hydrogens (primary N) is 1. The number of hydrogen-bond acceptors (Lipinski definition) is 2. The van der Waals surface area contributed by atoms with Crippen LogP contribution < -0.4 is 5.73 Å². The van der Waals surface area contributed by atoms with Crippen LogP contribution in [0.15, 0.2) is 46.3 Å². The summed E-state index contributed by atoms with van der Waals surface area (Å²) in [4.78, 5) is 1.33. The Balaban J connectivity index is 2.15. The molecule has 0 aliphatic rings. The van der Waals surface area contributed by atoms with Gasteiger partial charge in [-0.1, -0.05) is 40.2 Å². The van der Waals surface area contributed by atoms with E-state index in [0.717, 1.165) is 10.9 Å². The van der Waals surface area contributed by atoms with Crippen molar-refractivity contribution in [3.63, 3.8) is 0 Å². The van der Waals surface area contributed by atoms with E-state index >= 15 is 0 Å². The van der Waals surface area contributed by atoms with Crippen LogP contribution in [0.3, 0.4) is 0 Å². The molecule has 0 spiro atoms. The summed E-state index contributed by atoms with van der Waals surface area (Å²) in [5.74, 6) is 0. The van der Waals surface area contributed by atoms with Crippen LogP contribution in [0.4, 0.5) is 0 Å². The highest BCUT2D eigenvalue weighted by Crippen LogP contribution is 2.25. The highest BCUT2D eigenvalue weighted by atomic mass is 79.9. The molecule has 0 saturated heterocycles. The Morgan fingerprint density at radius 3 is 2.67 bits per heavy atom. The number of halogens is 1. The maximum atomic E-state index is 6.16. The molecule has 0 aliphatic carbocycles. The van der Waals surface area contributed by atoms with E-state index in [0.29, 0.717) is 0 Å². The van der Waals surface area contributed by atoms with Gasteiger partial charge in [-0.3, -0.25) is 0 Å². The quantitative estimate of drug-likeness (QED) is 0.911. The molecule has 0 saturated carbocycles. The van der Waals surface area contributed by atoms with Gasteiger partial charge >= 0.3 is 0 Å². The zero-order valence-electron chi connectivity index (χ0n) is 8.19. The van der Waals surface area contributed by atoms with Gasteiger partial charge in [0.15, 0.2) is 0 Å². The summed E-state index contributed by atoms with van der Waals surface area (Å²) in [6.45, 7) is 0. The van der Waals surface area contributed by atoms with E-state index in [9.17, 15) is 0 Å². The molecule has 2 N–H and O–H groups in total. The molecule has 1 nitrogen and oxygen atoms in total. The van der Waals surface area contributed by atoms with Crippen molar-refractivity contribution in [3.05, 3.63) is 56.7 Å². The molecule has 0 fully saturated rings. The maximum Gasteiger partial charge on any atom is 0.0354 e. The first-order valence-electron chi connectivity index (χ1n) is 4.80. The van der Waals surface area contributed by atoms with Crippen LogP contribution in [0, 0.1) is 0 Å². The van der Waals surface area contributed by atoms with Crippen LogP contribution in [0.5, 0.6) is 0 Å². The SMILES string of the molecule is NC(Cc1cccs1)c1ccccc1Br. The first-order chi connectivity index (χ1) is 7.27. The zero-order valence-corrected chi connectivity index (χ0v) is 10.6. The molecule has 0 bridgehead atoms. The van der Waals surface area contributed by atoms with Gasteiger partial charge in [0.05, 0.1) is 0 Å². The minimum absolute atomic E-state index is 0.0687. The summed E-state index contributed by atoms with van der Waals surface area (Å²) >= 11 is 5.28. The minimum atomic E-state index is 0.0687. The summed E-state index contributed by atoms with van der Waals surface area (Å²) in [6.07, 6.45) is 0.903. The third kappa shape index (κ3) is 2.68. The number of benzene rings is 1. The zero-order chi connectivity index (χ0) is 10.7. The van der Waals surface area contributed by atoms with Crippen LogP contribution in [-0.2, 0) is 6.42 Å². The second kappa shape index (κ2) is 4.92. The fourth-order valence-corrected chi connectivity index (χ4v) is 2.87. The average molecular weight is 282 g/mol. The first kappa shape index (κ1) is 10.9. The van der Waals surface area contributed by atoms with Crippen LogP contribution in [-0.4, -0.2) is 0 Å². The van der Waals surface area contributed by atoms with Crippen LogP contribution in [0.1, 0.15) is 16.5 Å². The van der Waals surface area contributed by atoms with Gasteiger partial charge in [0.25, 0.3) is 0 Å². The molecule has 3 heteroatoms. The van der Waals surface area contributed by atoms with Gasteiger partial charge in [0.2, 0.25) is 0 Å². The van der Waals surface area contributed by atoms with Crippen molar-refractivity contribution >= 4 is 27.3 Å². The summed E-state index contributed by atoms with van der Waals surface area (Å²) in [7, 11) is 0. The van der Waals surface area contributed by atoms with Crippen molar-refractivity contribution in [1.82, 2.24) is 0 Å². The fourth-order valence-electron chi connectivity index (χ4n) is 1.53. The van der Waals surface area contributed by atoms with Gasteiger partial charge < -0.3 is 5.73 Å². The second-order valence-electron chi connectivity index (χ2n) is 3.41. The van der Waals surface area contributed by atoms with Gasteiger partial charge in [-0.2, -0.15) is 0 Å². The van der Waals surface area contributed by atoms with E-state index in [-0.39, 0.29) is 6.04 Å². The molecular weight excluding hydrogens is 270 g/mol. The Labute approximate surface area is 102 Å². The molecular formula is C12H12BrNS. The Bertz CT molecular complexity index is 425. The van der Waals surface area contributed by atoms with E-state index in [2.05, 4.69) is 39.5 Å². The number of thiophene rings is 1. The molecule has 0 aliphatic heterocycles.